The first kappa shape index (κ1) is 10.1. The molecule has 0 unspecified atom stereocenters. The van der Waals surface area contributed by atoms with Crippen LogP contribution in [0.2, 0.25) is 0 Å². The number of piperidine rings is 1. The summed E-state index contributed by atoms with van der Waals surface area (Å²) < 4.78 is 5.31. The summed E-state index contributed by atoms with van der Waals surface area (Å²) in [5, 5.41) is 0. The minimum absolute atomic E-state index is 0.122. The van der Waals surface area contributed by atoms with Crippen LogP contribution in [-0.4, -0.2) is 49.1 Å². The molecular formula is C10H18N2O2. The van der Waals surface area contributed by atoms with Crippen LogP contribution in [0.4, 0.5) is 0 Å². The van der Waals surface area contributed by atoms with Gasteiger partial charge in [0.2, 0.25) is 0 Å². The zero-order chi connectivity index (χ0) is 9.97. The zero-order valence-electron chi connectivity index (χ0n) is 8.45. The highest BCUT2D eigenvalue weighted by molar-refractivity contribution is 5.79. The Labute approximate surface area is 84.4 Å². The molecular weight excluding hydrogens is 180 g/mol. The van der Waals surface area contributed by atoms with Crippen molar-refractivity contribution in [1.82, 2.24) is 4.90 Å². The molecule has 0 spiro atoms. The summed E-state index contributed by atoms with van der Waals surface area (Å²) in [7, 11) is 0. The first-order valence-electron chi connectivity index (χ1n) is 5.36. The molecule has 0 bridgehead atoms. The van der Waals surface area contributed by atoms with E-state index in [1.807, 2.05) is 0 Å². The van der Waals surface area contributed by atoms with Crippen LogP contribution in [0.1, 0.15) is 19.3 Å². The quantitative estimate of drug-likeness (QED) is 0.632. The van der Waals surface area contributed by atoms with Gasteiger partial charge in [-0.05, 0) is 6.42 Å². The van der Waals surface area contributed by atoms with Crippen LogP contribution in [0.3, 0.4) is 0 Å². The SMILES string of the molecule is N[C@H]1COCC[C@H]1N1CCC(=O)CC1. The maximum Gasteiger partial charge on any atom is 0.135 e. The van der Waals surface area contributed by atoms with Gasteiger partial charge in [0.1, 0.15) is 5.78 Å². The number of hydrogen-bond acceptors (Lipinski definition) is 4. The van der Waals surface area contributed by atoms with Gasteiger partial charge >= 0.3 is 0 Å². The molecule has 0 amide bonds. The van der Waals surface area contributed by atoms with Gasteiger partial charge in [0.25, 0.3) is 0 Å². The summed E-state index contributed by atoms with van der Waals surface area (Å²) >= 11 is 0. The van der Waals surface area contributed by atoms with E-state index in [1.54, 1.807) is 0 Å². The molecule has 0 radical (unpaired) electrons. The van der Waals surface area contributed by atoms with Crippen molar-refractivity contribution in [3.63, 3.8) is 0 Å². The molecule has 4 nitrogen and oxygen atoms in total. The van der Waals surface area contributed by atoms with E-state index in [4.69, 9.17) is 10.5 Å². The van der Waals surface area contributed by atoms with Crippen molar-refractivity contribution in [2.45, 2.75) is 31.3 Å². The molecule has 2 aliphatic heterocycles. The van der Waals surface area contributed by atoms with E-state index in [-0.39, 0.29) is 6.04 Å². The average molecular weight is 198 g/mol. The monoisotopic (exact) mass is 198 g/mol. The van der Waals surface area contributed by atoms with Gasteiger partial charge in [-0.15, -0.1) is 0 Å². The van der Waals surface area contributed by atoms with Gasteiger partial charge in [0.15, 0.2) is 0 Å². The van der Waals surface area contributed by atoms with E-state index >= 15 is 0 Å². The largest absolute Gasteiger partial charge is 0.380 e. The molecule has 0 aromatic rings. The fraction of sp³-hybridized carbons (Fsp3) is 0.900. The number of ketones is 1. The van der Waals surface area contributed by atoms with Crippen molar-refractivity contribution in [2.24, 2.45) is 5.73 Å². The van der Waals surface area contributed by atoms with Gasteiger partial charge in [-0.25, -0.2) is 0 Å². The first-order valence-corrected chi connectivity index (χ1v) is 5.36. The van der Waals surface area contributed by atoms with Crippen molar-refractivity contribution in [3.8, 4) is 0 Å². The average Bonchev–Trinajstić information content (AvgIpc) is 2.20. The summed E-state index contributed by atoms with van der Waals surface area (Å²) in [5.74, 6) is 0.391. The van der Waals surface area contributed by atoms with Crippen LogP contribution >= 0.6 is 0 Å². The summed E-state index contributed by atoms with van der Waals surface area (Å²) in [6.07, 6.45) is 2.41. The molecule has 0 aromatic carbocycles. The van der Waals surface area contributed by atoms with Crippen LogP contribution in [0.5, 0.6) is 0 Å². The Morgan fingerprint density at radius 2 is 2.07 bits per heavy atom. The number of Topliss-reactive ketones (excluding diaryl/α,β-unsaturated/α-hetero) is 1. The Morgan fingerprint density at radius 1 is 1.36 bits per heavy atom. The summed E-state index contributed by atoms with van der Waals surface area (Å²) in [4.78, 5) is 13.4. The zero-order valence-corrected chi connectivity index (χ0v) is 8.45. The maximum absolute atomic E-state index is 11.1. The predicted octanol–water partition coefficient (Wildman–Crippen LogP) is -0.233. The van der Waals surface area contributed by atoms with E-state index < -0.39 is 0 Å². The first-order chi connectivity index (χ1) is 6.77. The molecule has 2 rings (SSSR count). The molecule has 0 aliphatic carbocycles. The van der Waals surface area contributed by atoms with Crippen LogP contribution < -0.4 is 5.73 Å². The van der Waals surface area contributed by atoms with Gasteiger partial charge in [-0.1, -0.05) is 0 Å². The van der Waals surface area contributed by atoms with E-state index in [2.05, 4.69) is 4.90 Å². The molecule has 2 aliphatic rings. The Kier molecular flexibility index (Phi) is 3.15. The van der Waals surface area contributed by atoms with Crippen LogP contribution in [0.25, 0.3) is 0 Å². The topological polar surface area (TPSA) is 55.6 Å². The second-order valence-corrected chi connectivity index (χ2v) is 4.17. The Bertz CT molecular complexity index is 210. The second kappa shape index (κ2) is 4.38. The lowest BCUT2D eigenvalue weighted by Crippen LogP contribution is -2.55. The minimum atomic E-state index is 0.122. The van der Waals surface area contributed by atoms with E-state index in [0.29, 0.717) is 31.3 Å². The van der Waals surface area contributed by atoms with Crippen molar-refractivity contribution < 1.29 is 9.53 Å². The molecule has 2 heterocycles. The van der Waals surface area contributed by atoms with Gasteiger partial charge < -0.3 is 10.5 Å². The van der Waals surface area contributed by atoms with Crippen molar-refractivity contribution in [1.29, 1.82) is 0 Å². The number of carbonyl (C=O) groups is 1. The highest BCUT2D eigenvalue weighted by Crippen LogP contribution is 2.17. The van der Waals surface area contributed by atoms with Crippen molar-refractivity contribution in [2.75, 3.05) is 26.3 Å². The lowest BCUT2D eigenvalue weighted by atomic mass is 9.99. The van der Waals surface area contributed by atoms with Crippen molar-refractivity contribution in [3.05, 3.63) is 0 Å². The molecule has 2 N–H and O–H groups in total. The number of likely N-dealkylation sites (tertiary alicyclic amines) is 1. The predicted molar refractivity (Wildman–Crippen MR) is 53.0 cm³/mol. The lowest BCUT2D eigenvalue weighted by molar-refractivity contribution is -0.122. The third kappa shape index (κ3) is 2.13. The maximum atomic E-state index is 11.1. The fourth-order valence-electron chi connectivity index (χ4n) is 2.31. The molecule has 2 fully saturated rings. The fourth-order valence-corrected chi connectivity index (χ4v) is 2.31. The molecule has 4 heteroatoms. The Balaban J connectivity index is 1.90. The second-order valence-electron chi connectivity index (χ2n) is 4.17. The van der Waals surface area contributed by atoms with Crippen LogP contribution in [0.15, 0.2) is 0 Å². The highest BCUT2D eigenvalue weighted by Gasteiger charge is 2.30. The van der Waals surface area contributed by atoms with Crippen molar-refractivity contribution >= 4 is 5.78 Å². The van der Waals surface area contributed by atoms with Gasteiger partial charge in [0, 0.05) is 44.6 Å². The number of rotatable bonds is 1. The van der Waals surface area contributed by atoms with Gasteiger partial charge in [0.05, 0.1) is 6.61 Å². The van der Waals surface area contributed by atoms with Gasteiger partial charge in [-0.3, -0.25) is 9.69 Å². The Hall–Kier alpha value is -0.450. The third-order valence-electron chi connectivity index (χ3n) is 3.19. The molecule has 14 heavy (non-hydrogen) atoms. The lowest BCUT2D eigenvalue weighted by Gasteiger charge is -2.39. The molecule has 0 saturated carbocycles. The minimum Gasteiger partial charge on any atom is -0.380 e. The molecule has 2 atom stereocenters. The Morgan fingerprint density at radius 3 is 2.71 bits per heavy atom. The highest BCUT2D eigenvalue weighted by atomic mass is 16.5. The standard InChI is InChI=1S/C10H18N2O2/c11-9-7-14-6-3-10(9)12-4-1-8(13)2-5-12/h9-10H,1-7,11H2/t9-,10+/m0/s1. The molecule has 80 valence electrons. The van der Waals surface area contributed by atoms with Crippen LogP contribution in [0, 0.1) is 0 Å². The number of nitrogens with two attached hydrogens (primary N) is 1. The molecule has 2 saturated heterocycles. The normalized spacial score (nSPS) is 35.9. The van der Waals surface area contributed by atoms with E-state index in [9.17, 15) is 4.79 Å². The summed E-state index contributed by atoms with van der Waals surface area (Å²) in [6, 6.07) is 0.550. The summed E-state index contributed by atoms with van der Waals surface area (Å²) in [5.41, 5.74) is 5.99. The van der Waals surface area contributed by atoms with Crippen LogP contribution in [-0.2, 0) is 9.53 Å². The van der Waals surface area contributed by atoms with E-state index in [0.717, 1.165) is 26.1 Å². The number of ether oxygens (including phenoxy) is 1. The third-order valence-corrected chi connectivity index (χ3v) is 3.19. The number of nitrogens with zero attached hydrogens (tertiary/aromatic N) is 1. The van der Waals surface area contributed by atoms with Gasteiger partial charge in [-0.2, -0.15) is 0 Å². The summed E-state index contributed by atoms with van der Waals surface area (Å²) in [6.45, 7) is 3.24. The van der Waals surface area contributed by atoms with E-state index in [1.165, 1.54) is 0 Å². The number of carbonyl (C=O) groups excluding carboxylic acids is 1. The number of hydrogen-bond donors (Lipinski definition) is 1. The molecule has 0 aromatic heterocycles. The smallest absolute Gasteiger partial charge is 0.135 e.